The largest absolute Gasteiger partial charge is 0.381 e. The van der Waals surface area contributed by atoms with Crippen molar-refractivity contribution >= 4 is 17.5 Å². The summed E-state index contributed by atoms with van der Waals surface area (Å²) in [4.78, 5) is 13.9. The Morgan fingerprint density at radius 3 is 3.06 bits per heavy atom. The van der Waals surface area contributed by atoms with E-state index in [4.69, 9.17) is 16.3 Å². The van der Waals surface area contributed by atoms with Crippen LogP contribution in [-0.2, 0) is 4.74 Å². The summed E-state index contributed by atoms with van der Waals surface area (Å²) in [5, 5.41) is 0.591. The van der Waals surface area contributed by atoms with Gasteiger partial charge in [0.05, 0.1) is 6.61 Å². The monoisotopic (exact) mass is 253 g/mol. The van der Waals surface area contributed by atoms with Gasteiger partial charge in [-0.05, 0) is 24.6 Å². The van der Waals surface area contributed by atoms with Gasteiger partial charge in [-0.25, -0.2) is 0 Å². The third-order valence-corrected chi connectivity index (χ3v) is 3.21. The highest BCUT2D eigenvalue weighted by Crippen LogP contribution is 2.16. The molecule has 1 amide bonds. The molecule has 1 unspecified atom stereocenters. The molecule has 1 aliphatic rings. The fraction of sp³-hybridized carbons (Fsp3) is 0.462. The molecule has 0 radical (unpaired) electrons. The van der Waals surface area contributed by atoms with Crippen LogP contribution in [0, 0.1) is 5.92 Å². The summed E-state index contributed by atoms with van der Waals surface area (Å²) in [5.74, 6) is 0.475. The van der Waals surface area contributed by atoms with E-state index in [1.54, 1.807) is 29.2 Å². The van der Waals surface area contributed by atoms with Crippen LogP contribution >= 0.6 is 11.6 Å². The van der Waals surface area contributed by atoms with Gasteiger partial charge in [0.2, 0.25) is 0 Å². The highest BCUT2D eigenvalue weighted by atomic mass is 35.5. The molecule has 2 rings (SSSR count). The Kier molecular flexibility index (Phi) is 4.02. The van der Waals surface area contributed by atoms with Gasteiger partial charge < -0.3 is 9.64 Å². The third kappa shape index (κ3) is 3.20. The van der Waals surface area contributed by atoms with Crippen molar-refractivity contribution in [3.8, 4) is 0 Å². The Labute approximate surface area is 106 Å². The van der Waals surface area contributed by atoms with E-state index in [0.29, 0.717) is 16.5 Å². The van der Waals surface area contributed by atoms with Crippen molar-refractivity contribution < 1.29 is 9.53 Å². The van der Waals surface area contributed by atoms with Gasteiger partial charge in [0.15, 0.2) is 0 Å². The molecule has 92 valence electrons. The Hall–Kier alpha value is -1.06. The highest BCUT2D eigenvalue weighted by molar-refractivity contribution is 6.30. The number of benzene rings is 1. The van der Waals surface area contributed by atoms with E-state index < -0.39 is 0 Å². The van der Waals surface area contributed by atoms with Crippen molar-refractivity contribution in [1.29, 1.82) is 0 Å². The van der Waals surface area contributed by atoms with Gasteiger partial charge in [-0.15, -0.1) is 0 Å². The van der Waals surface area contributed by atoms with E-state index in [9.17, 15) is 4.79 Å². The lowest BCUT2D eigenvalue weighted by Gasteiger charge is -2.20. The van der Waals surface area contributed by atoms with E-state index in [1.807, 2.05) is 7.05 Å². The Morgan fingerprint density at radius 1 is 1.59 bits per heavy atom. The maximum atomic E-state index is 12.1. The van der Waals surface area contributed by atoms with Crippen LogP contribution in [0.5, 0.6) is 0 Å². The van der Waals surface area contributed by atoms with Crippen LogP contribution in [0.2, 0.25) is 5.02 Å². The van der Waals surface area contributed by atoms with Gasteiger partial charge in [-0.3, -0.25) is 4.79 Å². The average molecular weight is 254 g/mol. The minimum absolute atomic E-state index is 0.0133. The summed E-state index contributed by atoms with van der Waals surface area (Å²) < 4.78 is 5.30. The molecule has 1 saturated heterocycles. The number of hydrogen-bond donors (Lipinski definition) is 0. The SMILES string of the molecule is CN(CC1CCOC1)C(=O)c1cccc(Cl)c1. The molecule has 0 bridgehead atoms. The molecule has 1 aromatic rings. The van der Waals surface area contributed by atoms with Crippen LogP contribution in [-0.4, -0.2) is 37.6 Å². The number of carbonyl (C=O) groups is 1. The molecule has 1 heterocycles. The fourth-order valence-corrected chi connectivity index (χ4v) is 2.23. The maximum Gasteiger partial charge on any atom is 0.253 e. The lowest BCUT2D eigenvalue weighted by Crippen LogP contribution is -2.32. The summed E-state index contributed by atoms with van der Waals surface area (Å²) in [6.07, 6.45) is 1.03. The molecule has 0 aromatic heterocycles. The van der Waals surface area contributed by atoms with Crippen LogP contribution in [0.25, 0.3) is 0 Å². The summed E-state index contributed by atoms with van der Waals surface area (Å²) >= 11 is 5.87. The van der Waals surface area contributed by atoms with Crippen molar-refractivity contribution in [2.75, 3.05) is 26.8 Å². The summed E-state index contributed by atoms with van der Waals surface area (Å²) in [6.45, 7) is 2.31. The van der Waals surface area contributed by atoms with Crippen LogP contribution < -0.4 is 0 Å². The second-order valence-corrected chi connectivity index (χ2v) is 4.86. The number of hydrogen-bond acceptors (Lipinski definition) is 2. The Balaban J connectivity index is 1.98. The van der Waals surface area contributed by atoms with Crippen molar-refractivity contribution in [3.63, 3.8) is 0 Å². The molecule has 3 nitrogen and oxygen atoms in total. The van der Waals surface area contributed by atoms with E-state index in [-0.39, 0.29) is 5.91 Å². The van der Waals surface area contributed by atoms with E-state index in [1.165, 1.54) is 0 Å². The molecular weight excluding hydrogens is 238 g/mol. The Bertz CT molecular complexity index is 402. The molecule has 0 aliphatic carbocycles. The molecule has 17 heavy (non-hydrogen) atoms. The van der Waals surface area contributed by atoms with Crippen LogP contribution in [0.1, 0.15) is 16.8 Å². The quantitative estimate of drug-likeness (QED) is 0.828. The van der Waals surface area contributed by atoms with E-state index in [2.05, 4.69) is 0 Å². The van der Waals surface area contributed by atoms with Crippen LogP contribution in [0.15, 0.2) is 24.3 Å². The van der Waals surface area contributed by atoms with Crippen LogP contribution in [0.3, 0.4) is 0 Å². The summed E-state index contributed by atoms with van der Waals surface area (Å²) in [6, 6.07) is 7.05. The van der Waals surface area contributed by atoms with Gasteiger partial charge in [-0.2, -0.15) is 0 Å². The van der Waals surface area contributed by atoms with Gasteiger partial charge in [0.1, 0.15) is 0 Å². The standard InChI is InChI=1S/C13H16ClNO2/c1-15(8-10-5-6-17-9-10)13(16)11-3-2-4-12(14)7-11/h2-4,7,10H,5-6,8-9H2,1H3. The summed E-state index contributed by atoms with van der Waals surface area (Å²) in [7, 11) is 1.82. The molecule has 0 spiro atoms. The topological polar surface area (TPSA) is 29.5 Å². The molecule has 0 N–H and O–H groups in total. The molecule has 1 fully saturated rings. The van der Waals surface area contributed by atoms with Crippen molar-refractivity contribution in [1.82, 2.24) is 4.90 Å². The Morgan fingerprint density at radius 2 is 2.41 bits per heavy atom. The normalized spacial score (nSPS) is 19.3. The first kappa shape index (κ1) is 12.4. The van der Waals surface area contributed by atoms with E-state index in [0.717, 1.165) is 26.2 Å². The first-order valence-electron chi connectivity index (χ1n) is 5.75. The van der Waals surface area contributed by atoms with Gasteiger partial charge >= 0.3 is 0 Å². The molecular formula is C13H16ClNO2. The first-order valence-corrected chi connectivity index (χ1v) is 6.13. The minimum Gasteiger partial charge on any atom is -0.381 e. The molecule has 1 atom stereocenters. The molecule has 1 aromatic carbocycles. The zero-order chi connectivity index (χ0) is 12.3. The number of nitrogens with zero attached hydrogens (tertiary/aromatic N) is 1. The number of rotatable bonds is 3. The second kappa shape index (κ2) is 5.52. The first-order chi connectivity index (χ1) is 8.16. The highest BCUT2D eigenvalue weighted by Gasteiger charge is 2.20. The van der Waals surface area contributed by atoms with Gasteiger partial charge in [0.25, 0.3) is 5.91 Å². The molecule has 4 heteroatoms. The van der Waals surface area contributed by atoms with Gasteiger partial charge in [0, 0.05) is 36.7 Å². The van der Waals surface area contributed by atoms with Crippen LogP contribution in [0.4, 0.5) is 0 Å². The predicted octanol–water partition coefficient (Wildman–Crippen LogP) is 2.45. The zero-order valence-corrected chi connectivity index (χ0v) is 10.6. The zero-order valence-electron chi connectivity index (χ0n) is 9.86. The number of halogens is 1. The molecule has 1 aliphatic heterocycles. The minimum atomic E-state index is 0.0133. The lowest BCUT2D eigenvalue weighted by molar-refractivity contribution is 0.0766. The van der Waals surface area contributed by atoms with Crippen molar-refractivity contribution in [3.05, 3.63) is 34.9 Å². The predicted molar refractivity (Wildman–Crippen MR) is 67.3 cm³/mol. The lowest BCUT2D eigenvalue weighted by atomic mass is 10.1. The number of amides is 1. The average Bonchev–Trinajstić information content (AvgIpc) is 2.80. The summed E-state index contributed by atoms with van der Waals surface area (Å²) in [5.41, 5.74) is 0.638. The third-order valence-electron chi connectivity index (χ3n) is 2.97. The number of ether oxygens (including phenoxy) is 1. The maximum absolute atomic E-state index is 12.1. The fourth-order valence-electron chi connectivity index (χ4n) is 2.04. The van der Waals surface area contributed by atoms with Crippen molar-refractivity contribution in [2.45, 2.75) is 6.42 Å². The second-order valence-electron chi connectivity index (χ2n) is 4.43. The van der Waals surface area contributed by atoms with Gasteiger partial charge in [-0.1, -0.05) is 17.7 Å². The van der Waals surface area contributed by atoms with E-state index >= 15 is 0 Å². The number of carbonyl (C=O) groups excluding carboxylic acids is 1. The van der Waals surface area contributed by atoms with Crippen molar-refractivity contribution in [2.24, 2.45) is 5.92 Å². The smallest absolute Gasteiger partial charge is 0.253 e. The molecule has 0 saturated carbocycles.